The molecule has 0 amide bonds. The molecular formula is C26H30N+. The minimum absolute atomic E-state index is 0.171. The van der Waals surface area contributed by atoms with Gasteiger partial charge in [-0.25, -0.2) is 0 Å². The van der Waals surface area contributed by atoms with Crippen molar-refractivity contribution >= 4 is 10.9 Å². The third-order valence-electron chi connectivity index (χ3n) is 7.48. The zero-order chi connectivity index (χ0) is 18.8. The first-order chi connectivity index (χ1) is 13.1. The highest BCUT2D eigenvalue weighted by molar-refractivity contribution is 5.86. The molecule has 0 spiro atoms. The van der Waals surface area contributed by atoms with Gasteiger partial charge in [-0.05, 0) is 41.5 Å². The van der Waals surface area contributed by atoms with Crippen LogP contribution in [-0.4, -0.2) is 0 Å². The second-order valence-electron chi connectivity index (χ2n) is 8.83. The number of hydrogen-bond acceptors (Lipinski definition) is 0. The van der Waals surface area contributed by atoms with Gasteiger partial charge >= 0.3 is 0 Å². The first kappa shape index (κ1) is 17.0. The smallest absolute Gasteiger partial charge is 0.185 e. The van der Waals surface area contributed by atoms with E-state index in [4.69, 9.17) is 0 Å². The molecule has 1 nitrogen and oxygen atoms in total. The van der Waals surface area contributed by atoms with Crippen molar-refractivity contribution < 1.29 is 4.57 Å². The fourth-order valence-corrected chi connectivity index (χ4v) is 6.12. The zero-order valence-electron chi connectivity index (χ0n) is 17.0. The molecule has 1 aliphatic heterocycles. The van der Waals surface area contributed by atoms with Crippen molar-refractivity contribution in [3.8, 4) is 11.3 Å². The van der Waals surface area contributed by atoms with Gasteiger partial charge in [0.25, 0.3) is 0 Å². The van der Waals surface area contributed by atoms with Gasteiger partial charge in [0, 0.05) is 36.5 Å². The summed E-state index contributed by atoms with van der Waals surface area (Å²) in [5.41, 5.74) is 9.37. The first-order valence-corrected chi connectivity index (χ1v) is 10.7. The lowest BCUT2D eigenvalue weighted by Crippen LogP contribution is -2.61. The van der Waals surface area contributed by atoms with E-state index >= 15 is 0 Å². The molecule has 0 radical (unpaired) electrons. The summed E-state index contributed by atoms with van der Waals surface area (Å²) in [5, 5.41) is 1.48. The lowest BCUT2D eigenvalue weighted by atomic mass is 9.77. The van der Waals surface area contributed by atoms with Crippen LogP contribution in [0.2, 0.25) is 0 Å². The summed E-state index contributed by atoms with van der Waals surface area (Å²) in [5.74, 6) is 1.26. The van der Waals surface area contributed by atoms with Crippen LogP contribution in [0, 0.1) is 0 Å². The third-order valence-corrected chi connectivity index (χ3v) is 7.48. The molecule has 27 heavy (non-hydrogen) atoms. The molecule has 0 bridgehead atoms. The molecule has 138 valence electrons. The quantitative estimate of drug-likeness (QED) is 0.463. The van der Waals surface area contributed by atoms with E-state index < -0.39 is 0 Å². The van der Waals surface area contributed by atoms with Gasteiger partial charge in [-0.15, -0.1) is 0 Å². The highest BCUT2D eigenvalue weighted by Crippen LogP contribution is 2.50. The van der Waals surface area contributed by atoms with Crippen LogP contribution < -0.4 is 4.57 Å². The van der Waals surface area contributed by atoms with Crippen LogP contribution in [0.3, 0.4) is 0 Å². The molecule has 1 aromatic heterocycles. The Morgan fingerprint density at radius 2 is 1.56 bits per heavy atom. The first-order valence-electron chi connectivity index (χ1n) is 10.7. The SMILES string of the molecule is CCC1(CC)Cc2ccccc2-c2c3c(c4ccccc4[n+]21)C(C)CC3C. The fourth-order valence-electron chi connectivity index (χ4n) is 6.12. The highest BCUT2D eigenvalue weighted by Gasteiger charge is 2.48. The predicted molar refractivity (Wildman–Crippen MR) is 113 cm³/mol. The topological polar surface area (TPSA) is 3.88 Å². The Balaban J connectivity index is 2.04. The summed E-state index contributed by atoms with van der Waals surface area (Å²) in [6.45, 7) is 9.62. The minimum atomic E-state index is 0.171. The van der Waals surface area contributed by atoms with Gasteiger partial charge < -0.3 is 0 Å². The molecule has 0 saturated heterocycles. The second-order valence-corrected chi connectivity index (χ2v) is 8.83. The van der Waals surface area contributed by atoms with Gasteiger partial charge in [0.15, 0.2) is 5.54 Å². The van der Waals surface area contributed by atoms with Crippen molar-refractivity contribution in [3.63, 3.8) is 0 Å². The van der Waals surface area contributed by atoms with Crippen molar-refractivity contribution in [2.24, 2.45) is 0 Å². The maximum Gasteiger partial charge on any atom is 0.217 e. The van der Waals surface area contributed by atoms with Crippen molar-refractivity contribution in [1.82, 2.24) is 0 Å². The van der Waals surface area contributed by atoms with Gasteiger partial charge in [0.2, 0.25) is 11.2 Å². The Kier molecular flexibility index (Phi) is 3.73. The van der Waals surface area contributed by atoms with Crippen molar-refractivity contribution in [2.45, 2.75) is 70.8 Å². The molecule has 2 heterocycles. The van der Waals surface area contributed by atoms with E-state index in [0.717, 1.165) is 6.42 Å². The standard InChI is InChI=1S/C26H30N/c1-5-26(6-2)16-19-11-7-8-12-20(19)25-24-18(4)15-17(3)23(24)21-13-9-10-14-22(21)27(25)26/h7-14,17-18H,5-6,15-16H2,1-4H3/q+1. The van der Waals surface area contributed by atoms with Crippen LogP contribution >= 0.6 is 0 Å². The van der Waals surface area contributed by atoms with E-state index in [1.165, 1.54) is 47.0 Å². The lowest BCUT2D eigenvalue weighted by Gasteiger charge is -2.35. The summed E-state index contributed by atoms with van der Waals surface area (Å²) in [4.78, 5) is 0. The van der Waals surface area contributed by atoms with E-state index in [2.05, 4.69) is 80.8 Å². The summed E-state index contributed by atoms with van der Waals surface area (Å²) >= 11 is 0. The number of nitrogens with zero attached hydrogens (tertiary/aromatic N) is 1. The Hall–Kier alpha value is -2.15. The summed E-state index contributed by atoms with van der Waals surface area (Å²) < 4.78 is 2.76. The number of hydrogen-bond donors (Lipinski definition) is 0. The van der Waals surface area contributed by atoms with E-state index in [1.54, 1.807) is 11.1 Å². The molecular weight excluding hydrogens is 326 g/mol. The minimum Gasteiger partial charge on any atom is -0.185 e. The number of pyridine rings is 1. The molecule has 2 aromatic carbocycles. The molecule has 5 rings (SSSR count). The van der Waals surface area contributed by atoms with Gasteiger partial charge in [-0.2, -0.15) is 4.57 Å². The lowest BCUT2D eigenvalue weighted by molar-refractivity contribution is -0.736. The summed E-state index contributed by atoms with van der Waals surface area (Å²) in [6.07, 6.45) is 4.74. The Labute approximate surface area is 163 Å². The van der Waals surface area contributed by atoms with Gasteiger partial charge in [-0.1, -0.05) is 58.0 Å². The van der Waals surface area contributed by atoms with Crippen molar-refractivity contribution in [3.05, 3.63) is 65.2 Å². The molecule has 0 saturated carbocycles. The summed E-state index contributed by atoms with van der Waals surface area (Å²) in [7, 11) is 0. The molecule has 2 aliphatic rings. The van der Waals surface area contributed by atoms with Crippen LogP contribution in [0.4, 0.5) is 0 Å². The van der Waals surface area contributed by atoms with Crippen molar-refractivity contribution in [2.75, 3.05) is 0 Å². The van der Waals surface area contributed by atoms with Crippen LogP contribution in [0.15, 0.2) is 48.5 Å². The molecule has 3 aromatic rings. The average molecular weight is 357 g/mol. The molecule has 1 aliphatic carbocycles. The Morgan fingerprint density at radius 1 is 0.889 bits per heavy atom. The maximum atomic E-state index is 2.76. The Morgan fingerprint density at radius 3 is 2.33 bits per heavy atom. The van der Waals surface area contributed by atoms with E-state index in [9.17, 15) is 0 Å². The van der Waals surface area contributed by atoms with Crippen LogP contribution in [-0.2, 0) is 12.0 Å². The van der Waals surface area contributed by atoms with E-state index in [0.29, 0.717) is 11.8 Å². The maximum absolute atomic E-state index is 2.76. The number of rotatable bonds is 2. The molecule has 1 heteroatoms. The molecule has 0 N–H and O–H groups in total. The number of para-hydroxylation sites is 1. The van der Waals surface area contributed by atoms with E-state index in [-0.39, 0.29) is 5.54 Å². The molecule has 0 fully saturated rings. The van der Waals surface area contributed by atoms with Crippen LogP contribution in [0.25, 0.3) is 22.2 Å². The third kappa shape index (κ3) is 2.15. The average Bonchev–Trinajstić information content (AvgIpc) is 3.01. The van der Waals surface area contributed by atoms with Crippen molar-refractivity contribution in [1.29, 1.82) is 0 Å². The van der Waals surface area contributed by atoms with Gasteiger partial charge in [0.05, 0.1) is 5.39 Å². The highest BCUT2D eigenvalue weighted by atomic mass is 15.1. The van der Waals surface area contributed by atoms with Gasteiger partial charge in [-0.3, -0.25) is 0 Å². The van der Waals surface area contributed by atoms with E-state index in [1.807, 2.05) is 0 Å². The second kappa shape index (κ2) is 5.92. The summed E-state index contributed by atoms with van der Waals surface area (Å²) in [6, 6.07) is 18.3. The number of aromatic nitrogens is 1. The molecule has 2 unspecified atom stereocenters. The van der Waals surface area contributed by atoms with Crippen LogP contribution in [0.1, 0.15) is 75.5 Å². The molecule has 2 atom stereocenters. The van der Waals surface area contributed by atoms with Crippen LogP contribution in [0.5, 0.6) is 0 Å². The predicted octanol–water partition coefficient (Wildman–Crippen LogP) is 6.48. The Bertz CT molecular complexity index is 1040. The number of fused-ring (bicyclic) bond motifs is 8. The normalized spacial score (nSPS) is 22.4. The number of benzene rings is 2. The largest absolute Gasteiger partial charge is 0.217 e. The van der Waals surface area contributed by atoms with Gasteiger partial charge in [0.1, 0.15) is 0 Å². The fraction of sp³-hybridized carbons (Fsp3) is 0.423. The monoisotopic (exact) mass is 356 g/mol. The zero-order valence-corrected chi connectivity index (χ0v) is 17.0.